The van der Waals surface area contributed by atoms with Crippen LogP contribution in [0.2, 0.25) is 0 Å². The maximum atomic E-state index is 12.9. The van der Waals surface area contributed by atoms with Crippen molar-refractivity contribution in [3.05, 3.63) is 40.0 Å². The first kappa shape index (κ1) is 24.7. The first-order chi connectivity index (χ1) is 14.2. The fraction of sp³-hybridized carbons (Fsp3) is 0.526. The van der Waals surface area contributed by atoms with Crippen LogP contribution in [0.3, 0.4) is 0 Å². The Morgan fingerprint density at radius 1 is 1.50 bits per heavy atom. The number of hydrogen-bond acceptors (Lipinski definition) is 11. The summed E-state index contributed by atoms with van der Waals surface area (Å²) in [5.74, 6) is 6.00. The van der Waals surface area contributed by atoms with Gasteiger partial charge in [0.15, 0.2) is 0 Å². The highest BCUT2D eigenvalue weighted by Crippen LogP contribution is 2.28. The van der Waals surface area contributed by atoms with E-state index in [9.17, 15) is 9.90 Å². The second-order valence-electron chi connectivity index (χ2n) is 7.34. The number of aliphatic hydroxyl groups is 1. The Kier molecular flexibility index (Phi) is 9.62. The van der Waals surface area contributed by atoms with Crippen molar-refractivity contribution in [2.24, 2.45) is 11.8 Å². The van der Waals surface area contributed by atoms with Crippen LogP contribution in [0.15, 0.2) is 24.0 Å². The Balaban J connectivity index is 1.95. The zero-order valence-corrected chi connectivity index (χ0v) is 19.3. The summed E-state index contributed by atoms with van der Waals surface area (Å²) in [4.78, 5) is 26.9. The molecule has 0 aliphatic carbocycles. The predicted octanol–water partition coefficient (Wildman–Crippen LogP) is 3.14. The third kappa shape index (κ3) is 7.58. The van der Waals surface area contributed by atoms with Crippen LogP contribution in [0.25, 0.3) is 0 Å². The highest BCUT2D eigenvalue weighted by Gasteiger charge is 2.22. The quantitative estimate of drug-likeness (QED) is 0.0789. The van der Waals surface area contributed by atoms with E-state index in [2.05, 4.69) is 22.2 Å². The molecule has 0 radical (unpaired) electrons. The van der Waals surface area contributed by atoms with Gasteiger partial charge in [-0.1, -0.05) is 13.3 Å². The molecule has 2 heterocycles. The summed E-state index contributed by atoms with van der Waals surface area (Å²) in [5, 5.41) is 15.2. The van der Waals surface area contributed by atoms with E-state index in [1.54, 1.807) is 32.3 Å². The molecule has 0 spiro atoms. The van der Waals surface area contributed by atoms with E-state index >= 15 is 0 Å². The first-order valence-corrected chi connectivity index (χ1v) is 11.1. The van der Waals surface area contributed by atoms with Crippen LogP contribution in [-0.2, 0) is 14.8 Å². The van der Waals surface area contributed by atoms with Crippen LogP contribution in [-0.4, -0.2) is 45.5 Å². The number of anilines is 1. The molecule has 2 aromatic rings. The molecule has 0 saturated carbocycles. The minimum Gasteiger partial charge on any atom is -0.386 e. The molecule has 0 amide bonds. The van der Waals surface area contributed by atoms with Gasteiger partial charge in [0.25, 0.3) is 0 Å². The number of carbonyl (C=O) groups is 1. The number of hydrazine groups is 1. The van der Waals surface area contributed by atoms with Gasteiger partial charge < -0.3 is 10.4 Å². The number of nitrogens with two attached hydrogens (primary N) is 1. The SMILES string of the molecule is CCC(CCNc1ncncc1C(=O)c1cc(C(C)(C)O)cs1)COOSN(C)N. The van der Waals surface area contributed by atoms with Crippen molar-refractivity contribution >= 4 is 35.2 Å². The fourth-order valence-corrected chi connectivity index (χ4v) is 3.76. The third-order valence-corrected chi connectivity index (χ3v) is 5.73. The molecule has 1 atom stereocenters. The zero-order valence-electron chi connectivity index (χ0n) is 17.6. The second-order valence-corrected chi connectivity index (χ2v) is 9.11. The Labute approximate surface area is 185 Å². The van der Waals surface area contributed by atoms with Gasteiger partial charge in [-0.25, -0.2) is 14.9 Å². The van der Waals surface area contributed by atoms with Gasteiger partial charge in [0.2, 0.25) is 5.78 Å². The van der Waals surface area contributed by atoms with Crippen molar-refractivity contribution in [2.45, 2.75) is 39.2 Å². The Hall–Kier alpha value is -1.60. The molecule has 11 heteroatoms. The van der Waals surface area contributed by atoms with Gasteiger partial charge in [0.1, 0.15) is 24.4 Å². The van der Waals surface area contributed by atoms with Gasteiger partial charge in [0, 0.05) is 19.8 Å². The summed E-state index contributed by atoms with van der Waals surface area (Å²) in [7, 11) is 1.65. The van der Waals surface area contributed by atoms with Crippen LogP contribution in [0.1, 0.15) is 54.4 Å². The smallest absolute Gasteiger partial charge is 0.208 e. The number of thiophene rings is 1. The average Bonchev–Trinajstić information content (AvgIpc) is 3.20. The molecular formula is C19H29N5O4S2. The molecule has 0 bridgehead atoms. The molecule has 4 N–H and O–H groups in total. The van der Waals surface area contributed by atoms with E-state index < -0.39 is 5.60 Å². The van der Waals surface area contributed by atoms with E-state index in [4.69, 9.17) is 15.1 Å². The molecule has 0 aromatic carbocycles. The van der Waals surface area contributed by atoms with Gasteiger partial charge >= 0.3 is 0 Å². The van der Waals surface area contributed by atoms with Gasteiger partial charge in [-0.05, 0) is 43.2 Å². The number of aromatic nitrogens is 2. The summed E-state index contributed by atoms with van der Waals surface area (Å²) < 4.78 is 6.23. The number of hydrogen-bond donors (Lipinski definition) is 3. The third-order valence-electron chi connectivity index (χ3n) is 4.41. The molecule has 9 nitrogen and oxygen atoms in total. The lowest BCUT2D eigenvalue weighted by Crippen LogP contribution is -2.19. The number of nitrogens with zero attached hydrogens (tertiary/aromatic N) is 3. The van der Waals surface area contributed by atoms with E-state index in [0.717, 1.165) is 25.1 Å². The van der Waals surface area contributed by atoms with Gasteiger partial charge in [0.05, 0.1) is 22.6 Å². The molecule has 166 valence electrons. The van der Waals surface area contributed by atoms with Gasteiger partial charge in [-0.2, -0.15) is 4.41 Å². The Morgan fingerprint density at radius 3 is 2.90 bits per heavy atom. The molecule has 0 saturated heterocycles. The van der Waals surface area contributed by atoms with Gasteiger partial charge in [-0.3, -0.25) is 10.6 Å². The maximum absolute atomic E-state index is 12.9. The summed E-state index contributed by atoms with van der Waals surface area (Å²) in [5.41, 5.74) is 0.105. The second kappa shape index (κ2) is 11.7. The zero-order chi connectivity index (χ0) is 22.1. The molecule has 2 rings (SSSR count). The Bertz CT molecular complexity index is 810. The minimum atomic E-state index is -0.998. The highest BCUT2D eigenvalue weighted by molar-refractivity contribution is 7.92. The van der Waals surface area contributed by atoms with Crippen molar-refractivity contribution in [1.82, 2.24) is 14.4 Å². The summed E-state index contributed by atoms with van der Waals surface area (Å²) >= 11 is 2.21. The molecule has 2 aromatic heterocycles. The van der Waals surface area contributed by atoms with E-state index in [0.29, 0.717) is 35.0 Å². The normalized spacial score (nSPS) is 12.9. The molecule has 1 unspecified atom stereocenters. The van der Waals surface area contributed by atoms with Crippen molar-refractivity contribution in [1.29, 1.82) is 0 Å². The molecule has 0 aliphatic heterocycles. The predicted molar refractivity (Wildman–Crippen MR) is 118 cm³/mol. The van der Waals surface area contributed by atoms with E-state index in [1.165, 1.54) is 28.3 Å². The lowest BCUT2D eigenvalue weighted by atomic mass is 10.0. The lowest BCUT2D eigenvalue weighted by Gasteiger charge is -2.16. The average molecular weight is 456 g/mol. The molecular weight excluding hydrogens is 426 g/mol. The number of rotatable bonds is 13. The lowest BCUT2D eigenvalue weighted by molar-refractivity contribution is -0.204. The van der Waals surface area contributed by atoms with E-state index in [-0.39, 0.29) is 11.7 Å². The standard InChI is InChI=1S/C19H29N5O4S2/c1-5-13(10-27-28-30-24(4)20)6-7-22-18-15(9-21-12-23-18)17(25)16-8-14(11-29-16)19(2,3)26/h8-9,11-13,26H,5-7,10,20H2,1-4H3,(H,21,22,23). The number of carbonyl (C=O) groups excluding carboxylic acids is 1. The largest absolute Gasteiger partial charge is 0.386 e. The minimum absolute atomic E-state index is 0.176. The molecule has 0 fully saturated rings. The first-order valence-electron chi connectivity index (χ1n) is 9.57. The van der Waals surface area contributed by atoms with E-state index in [1.807, 2.05) is 0 Å². The summed E-state index contributed by atoms with van der Waals surface area (Å²) in [6.07, 6.45) is 4.64. The van der Waals surface area contributed by atoms with Crippen molar-refractivity contribution in [2.75, 3.05) is 25.5 Å². The Morgan fingerprint density at radius 2 is 2.27 bits per heavy atom. The molecule has 30 heavy (non-hydrogen) atoms. The monoisotopic (exact) mass is 455 g/mol. The van der Waals surface area contributed by atoms with Crippen LogP contribution < -0.4 is 11.2 Å². The van der Waals surface area contributed by atoms with Crippen LogP contribution in [0.5, 0.6) is 0 Å². The number of ketones is 1. The molecule has 0 aliphatic rings. The summed E-state index contributed by atoms with van der Waals surface area (Å²) in [6, 6.07) is 1.71. The van der Waals surface area contributed by atoms with Crippen LogP contribution in [0, 0.1) is 5.92 Å². The number of nitrogens with one attached hydrogen (secondary N) is 1. The van der Waals surface area contributed by atoms with Crippen LogP contribution >= 0.6 is 23.6 Å². The topological polar surface area (TPSA) is 123 Å². The highest BCUT2D eigenvalue weighted by atomic mass is 32.2. The fourth-order valence-electron chi connectivity index (χ4n) is 2.54. The van der Waals surface area contributed by atoms with Crippen molar-refractivity contribution in [3.63, 3.8) is 0 Å². The van der Waals surface area contributed by atoms with Gasteiger partial charge in [-0.15, -0.1) is 15.7 Å². The van der Waals surface area contributed by atoms with Crippen molar-refractivity contribution < 1.29 is 19.1 Å². The maximum Gasteiger partial charge on any atom is 0.208 e. The summed E-state index contributed by atoms with van der Waals surface area (Å²) in [6.45, 7) is 6.50. The van der Waals surface area contributed by atoms with Crippen LogP contribution in [0.4, 0.5) is 5.82 Å². The van der Waals surface area contributed by atoms with Crippen molar-refractivity contribution in [3.8, 4) is 0 Å².